The third-order valence-electron chi connectivity index (χ3n) is 4.82. The van der Waals surface area contributed by atoms with E-state index in [1.165, 1.54) is 16.3 Å². The molecule has 26 heavy (non-hydrogen) atoms. The lowest BCUT2D eigenvalue weighted by molar-refractivity contribution is -0.117. The number of nitrogens with one attached hydrogen (secondary N) is 2. The fourth-order valence-corrected chi connectivity index (χ4v) is 3.14. The van der Waals surface area contributed by atoms with E-state index >= 15 is 0 Å². The van der Waals surface area contributed by atoms with Crippen molar-refractivity contribution in [1.29, 1.82) is 0 Å². The number of carbonyl (C=O) groups is 1. The third kappa shape index (κ3) is 4.12. The summed E-state index contributed by atoms with van der Waals surface area (Å²) in [6.07, 6.45) is 0. The molecular weight excluding hydrogens is 320 g/mol. The van der Waals surface area contributed by atoms with Crippen molar-refractivity contribution in [3.05, 3.63) is 77.4 Å². The number of rotatable bonds is 5. The van der Waals surface area contributed by atoms with Gasteiger partial charge in [-0.3, -0.25) is 10.1 Å². The maximum Gasteiger partial charge on any atom is 0.241 e. The van der Waals surface area contributed by atoms with Gasteiger partial charge in [0.15, 0.2) is 0 Å². The molecule has 0 radical (unpaired) electrons. The molecule has 3 aromatic rings. The predicted molar refractivity (Wildman–Crippen MR) is 110 cm³/mol. The molecule has 0 aromatic heterocycles. The maximum absolute atomic E-state index is 12.6. The Balaban J connectivity index is 1.68. The molecule has 0 saturated heterocycles. The molecule has 0 bridgehead atoms. The van der Waals surface area contributed by atoms with Crippen LogP contribution in [0.3, 0.4) is 0 Å². The number of fused-ring (bicyclic) bond motifs is 1. The van der Waals surface area contributed by atoms with Crippen molar-refractivity contribution in [1.82, 2.24) is 5.32 Å². The minimum atomic E-state index is -0.295. The summed E-state index contributed by atoms with van der Waals surface area (Å²) in [4.78, 5) is 12.6. The Hall–Kier alpha value is -2.65. The van der Waals surface area contributed by atoms with Crippen LogP contribution in [0.25, 0.3) is 10.8 Å². The molecule has 0 spiro atoms. The number of amides is 1. The minimum Gasteiger partial charge on any atom is -0.324 e. The van der Waals surface area contributed by atoms with Gasteiger partial charge in [0.25, 0.3) is 0 Å². The Labute approximate surface area is 155 Å². The van der Waals surface area contributed by atoms with Crippen molar-refractivity contribution < 1.29 is 4.79 Å². The summed E-state index contributed by atoms with van der Waals surface area (Å²) in [6.45, 7) is 8.02. The van der Waals surface area contributed by atoms with E-state index < -0.39 is 0 Å². The highest BCUT2D eigenvalue weighted by Gasteiger charge is 2.17. The lowest BCUT2D eigenvalue weighted by atomic mass is 10.0. The molecule has 0 heterocycles. The Bertz CT molecular complexity index is 932. The van der Waals surface area contributed by atoms with Crippen LogP contribution in [0.1, 0.15) is 36.6 Å². The summed E-state index contributed by atoms with van der Waals surface area (Å²) >= 11 is 0. The van der Waals surface area contributed by atoms with Crippen molar-refractivity contribution in [2.75, 3.05) is 5.32 Å². The second kappa shape index (κ2) is 7.71. The van der Waals surface area contributed by atoms with Gasteiger partial charge >= 0.3 is 0 Å². The zero-order valence-corrected chi connectivity index (χ0v) is 15.8. The van der Waals surface area contributed by atoms with E-state index in [0.717, 1.165) is 16.8 Å². The average molecular weight is 346 g/mol. The van der Waals surface area contributed by atoms with Gasteiger partial charge in [0.1, 0.15) is 0 Å². The van der Waals surface area contributed by atoms with Crippen molar-refractivity contribution in [3.63, 3.8) is 0 Å². The van der Waals surface area contributed by atoms with Crippen LogP contribution in [0.15, 0.2) is 60.7 Å². The monoisotopic (exact) mass is 346 g/mol. The van der Waals surface area contributed by atoms with E-state index in [1.807, 2.05) is 45.0 Å². The summed E-state index contributed by atoms with van der Waals surface area (Å²) in [5.74, 6) is -0.0219. The van der Waals surface area contributed by atoms with E-state index in [2.05, 4.69) is 54.0 Å². The van der Waals surface area contributed by atoms with Crippen molar-refractivity contribution in [3.8, 4) is 0 Å². The molecule has 1 amide bonds. The summed E-state index contributed by atoms with van der Waals surface area (Å²) in [5, 5.41) is 8.88. The number of benzene rings is 3. The van der Waals surface area contributed by atoms with Crippen LogP contribution < -0.4 is 10.6 Å². The van der Waals surface area contributed by atoms with Gasteiger partial charge < -0.3 is 5.32 Å². The second-order valence-electron chi connectivity index (χ2n) is 7.02. The lowest BCUT2D eigenvalue weighted by Gasteiger charge is -2.21. The highest BCUT2D eigenvalue weighted by molar-refractivity contribution is 5.95. The van der Waals surface area contributed by atoms with Crippen LogP contribution in [-0.4, -0.2) is 11.9 Å². The first-order chi connectivity index (χ1) is 12.4. The summed E-state index contributed by atoms with van der Waals surface area (Å²) < 4.78 is 0. The normalized spacial score (nSPS) is 13.4. The van der Waals surface area contributed by atoms with Crippen LogP contribution >= 0.6 is 0 Å². The van der Waals surface area contributed by atoms with E-state index in [1.54, 1.807) is 0 Å². The van der Waals surface area contributed by atoms with Gasteiger partial charge in [0.05, 0.1) is 6.04 Å². The van der Waals surface area contributed by atoms with Gasteiger partial charge in [-0.15, -0.1) is 0 Å². The molecule has 0 aliphatic heterocycles. The standard InChI is InChI=1S/C23H26N2O/c1-15-9-10-16(2)22(13-15)25-23(26)18(4)24-17(3)20-12-11-19-7-5-6-8-21(19)14-20/h5-14,17-18,24H,1-4H3,(H,25,26)/t17-,18-/m0/s1. The van der Waals surface area contributed by atoms with Crippen molar-refractivity contribution in [2.45, 2.75) is 39.8 Å². The molecule has 3 nitrogen and oxygen atoms in total. The molecular formula is C23H26N2O. The second-order valence-corrected chi connectivity index (χ2v) is 7.02. The molecule has 2 N–H and O–H groups in total. The molecule has 3 aromatic carbocycles. The van der Waals surface area contributed by atoms with Gasteiger partial charge in [-0.2, -0.15) is 0 Å². The van der Waals surface area contributed by atoms with E-state index in [-0.39, 0.29) is 18.0 Å². The van der Waals surface area contributed by atoms with Crippen LogP contribution in [0.4, 0.5) is 5.69 Å². The molecule has 0 saturated carbocycles. The molecule has 0 fully saturated rings. The smallest absolute Gasteiger partial charge is 0.241 e. The first-order valence-electron chi connectivity index (χ1n) is 9.07. The van der Waals surface area contributed by atoms with Crippen molar-refractivity contribution >= 4 is 22.4 Å². The molecule has 0 aliphatic rings. The van der Waals surface area contributed by atoms with Crippen molar-refractivity contribution in [2.24, 2.45) is 0 Å². The number of carbonyl (C=O) groups excluding carboxylic acids is 1. The number of hydrogen-bond acceptors (Lipinski definition) is 2. The number of hydrogen-bond donors (Lipinski definition) is 2. The molecule has 3 heteroatoms. The zero-order valence-electron chi connectivity index (χ0n) is 15.8. The lowest BCUT2D eigenvalue weighted by Crippen LogP contribution is -2.39. The van der Waals surface area contributed by atoms with E-state index in [9.17, 15) is 4.79 Å². The summed E-state index contributed by atoms with van der Waals surface area (Å²) in [5.41, 5.74) is 4.26. The van der Waals surface area contributed by atoms with Crippen LogP contribution in [0.5, 0.6) is 0 Å². The first-order valence-corrected chi connectivity index (χ1v) is 9.07. The highest BCUT2D eigenvalue weighted by atomic mass is 16.2. The van der Waals surface area contributed by atoms with Gasteiger partial charge in [-0.1, -0.05) is 48.5 Å². The largest absolute Gasteiger partial charge is 0.324 e. The predicted octanol–water partition coefficient (Wildman–Crippen LogP) is 5.13. The van der Waals surface area contributed by atoms with Gasteiger partial charge in [0, 0.05) is 11.7 Å². The number of aryl methyl sites for hydroxylation is 2. The SMILES string of the molecule is Cc1ccc(C)c(NC(=O)[C@H](C)N[C@@H](C)c2ccc3ccccc3c2)c1. The quantitative estimate of drug-likeness (QED) is 0.672. The van der Waals surface area contributed by atoms with Crippen LogP contribution in [0.2, 0.25) is 0 Å². The van der Waals surface area contributed by atoms with E-state index in [4.69, 9.17) is 0 Å². The average Bonchev–Trinajstić information content (AvgIpc) is 2.64. The van der Waals surface area contributed by atoms with Gasteiger partial charge in [-0.05, 0) is 67.3 Å². The van der Waals surface area contributed by atoms with Gasteiger partial charge in [-0.25, -0.2) is 0 Å². The maximum atomic E-state index is 12.6. The minimum absolute atomic E-state index is 0.0219. The molecule has 0 aliphatic carbocycles. The molecule has 134 valence electrons. The molecule has 3 rings (SSSR count). The molecule has 0 unspecified atom stereocenters. The fourth-order valence-electron chi connectivity index (χ4n) is 3.14. The van der Waals surface area contributed by atoms with Crippen LogP contribution in [0, 0.1) is 13.8 Å². The third-order valence-corrected chi connectivity index (χ3v) is 4.82. The summed E-state index contributed by atoms with van der Waals surface area (Å²) in [6, 6.07) is 20.6. The summed E-state index contributed by atoms with van der Waals surface area (Å²) in [7, 11) is 0. The topological polar surface area (TPSA) is 41.1 Å². The molecule has 2 atom stereocenters. The first kappa shape index (κ1) is 18.2. The van der Waals surface area contributed by atoms with E-state index in [0.29, 0.717) is 0 Å². The number of anilines is 1. The Kier molecular flexibility index (Phi) is 5.38. The highest BCUT2D eigenvalue weighted by Crippen LogP contribution is 2.21. The Morgan fingerprint density at radius 1 is 0.885 bits per heavy atom. The fraction of sp³-hybridized carbons (Fsp3) is 0.261. The zero-order chi connectivity index (χ0) is 18.7. The van der Waals surface area contributed by atoms with Crippen LogP contribution in [-0.2, 0) is 4.79 Å². The van der Waals surface area contributed by atoms with Gasteiger partial charge in [0.2, 0.25) is 5.91 Å². The Morgan fingerprint density at radius 3 is 2.38 bits per heavy atom. The Morgan fingerprint density at radius 2 is 1.62 bits per heavy atom.